The van der Waals surface area contributed by atoms with Crippen molar-refractivity contribution in [2.75, 3.05) is 18.0 Å². The number of fused-ring (bicyclic) bond motifs is 2. The van der Waals surface area contributed by atoms with Crippen LogP contribution in [-0.2, 0) is 4.79 Å². The van der Waals surface area contributed by atoms with Crippen LogP contribution in [0.3, 0.4) is 0 Å². The van der Waals surface area contributed by atoms with Crippen LogP contribution in [0.25, 0.3) is 5.65 Å². The van der Waals surface area contributed by atoms with E-state index in [4.69, 9.17) is 5.10 Å². The van der Waals surface area contributed by atoms with Gasteiger partial charge in [0, 0.05) is 19.0 Å². The Kier molecular flexibility index (Phi) is 2.35. The molecule has 0 unspecified atom stereocenters. The molecule has 0 radical (unpaired) electrons. The van der Waals surface area contributed by atoms with Gasteiger partial charge in [-0.15, -0.1) is 15.3 Å². The fourth-order valence-corrected chi connectivity index (χ4v) is 3.87. The summed E-state index contributed by atoms with van der Waals surface area (Å²) in [5.41, 5.74) is 0.787. The molecule has 3 aliphatic rings. The molecule has 2 saturated carbocycles. The number of aliphatic carboxylic acids is 1. The second kappa shape index (κ2) is 4.18. The van der Waals surface area contributed by atoms with Crippen molar-refractivity contribution in [3.8, 4) is 0 Å². The van der Waals surface area contributed by atoms with Gasteiger partial charge in [-0.05, 0) is 43.2 Å². The maximum absolute atomic E-state index is 11.2. The molecule has 3 heterocycles. The van der Waals surface area contributed by atoms with Gasteiger partial charge in [0.1, 0.15) is 5.82 Å². The van der Waals surface area contributed by atoms with Crippen molar-refractivity contribution in [2.45, 2.75) is 25.2 Å². The Balaban J connectivity index is 1.44. The van der Waals surface area contributed by atoms with E-state index in [1.807, 2.05) is 16.6 Å². The zero-order chi connectivity index (χ0) is 14.8. The molecule has 0 spiro atoms. The Hall–Kier alpha value is -2.18. The summed E-state index contributed by atoms with van der Waals surface area (Å²) in [4.78, 5) is 13.4. The average Bonchev–Trinajstić information content (AvgIpc) is 3.42. The molecule has 2 aromatic rings. The molecule has 22 heavy (non-hydrogen) atoms. The number of carboxylic acid groups (broad SMARTS) is 1. The smallest absolute Gasteiger partial charge is 0.307 e. The van der Waals surface area contributed by atoms with E-state index < -0.39 is 5.97 Å². The Bertz CT molecular complexity index is 768. The van der Waals surface area contributed by atoms with Gasteiger partial charge in [-0.1, -0.05) is 0 Å². The van der Waals surface area contributed by atoms with Crippen LogP contribution < -0.4 is 4.90 Å². The highest BCUT2D eigenvalue weighted by molar-refractivity contribution is 5.74. The lowest BCUT2D eigenvalue weighted by molar-refractivity contribution is -0.139. The van der Waals surface area contributed by atoms with Crippen LogP contribution in [0.5, 0.6) is 0 Å². The second-order valence-electron chi connectivity index (χ2n) is 6.72. The summed E-state index contributed by atoms with van der Waals surface area (Å²) in [5, 5.41) is 22.4. The number of hydrogen-bond acceptors (Lipinski definition) is 5. The maximum atomic E-state index is 11.2. The zero-order valence-electron chi connectivity index (χ0n) is 12.1. The van der Waals surface area contributed by atoms with Crippen LogP contribution in [0.2, 0.25) is 0 Å². The quantitative estimate of drug-likeness (QED) is 0.915. The third-order valence-electron chi connectivity index (χ3n) is 5.32. The predicted molar refractivity (Wildman–Crippen MR) is 77.7 cm³/mol. The first-order valence-corrected chi connectivity index (χ1v) is 7.92. The number of carbonyl (C=O) groups is 1. The van der Waals surface area contributed by atoms with Gasteiger partial charge in [-0.25, -0.2) is 0 Å². The minimum absolute atomic E-state index is 0.148. The molecular formula is C15H17N5O2. The Morgan fingerprint density at radius 3 is 2.82 bits per heavy atom. The van der Waals surface area contributed by atoms with Crippen LogP contribution in [0.4, 0.5) is 5.82 Å². The summed E-state index contributed by atoms with van der Waals surface area (Å²) >= 11 is 0. The molecular weight excluding hydrogens is 282 g/mol. The highest BCUT2D eigenvalue weighted by Crippen LogP contribution is 2.52. The van der Waals surface area contributed by atoms with Crippen LogP contribution >= 0.6 is 0 Å². The molecule has 2 aromatic heterocycles. The van der Waals surface area contributed by atoms with E-state index in [9.17, 15) is 9.90 Å². The Morgan fingerprint density at radius 2 is 2.05 bits per heavy atom. The molecule has 7 nitrogen and oxygen atoms in total. The lowest BCUT2D eigenvalue weighted by atomic mass is 10.1. The fourth-order valence-electron chi connectivity index (χ4n) is 3.87. The second-order valence-corrected chi connectivity index (χ2v) is 6.72. The molecule has 2 aliphatic carbocycles. The van der Waals surface area contributed by atoms with Crippen molar-refractivity contribution < 1.29 is 9.90 Å². The highest BCUT2D eigenvalue weighted by Gasteiger charge is 2.57. The third-order valence-corrected chi connectivity index (χ3v) is 5.32. The molecule has 0 amide bonds. The van der Waals surface area contributed by atoms with Crippen molar-refractivity contribution >= 4 is 17.4 Å². The van der Waals surface area contributed by atoms with Crippen molar-refractivity contribution in [1.29, 1.82) is 0 Å². The molecule has 1 saturated heterocycles. The van der Waals surface area contributed by atoms with Gasteiger partial charge in [0.05, 0.1) is 5.92 Å². The van der Waals surface area contributed by atoms with E-state index in [1.165, 1.54) is 12.8 Å². The Morgan fingerprint density at radius 1 is 1.18 bits per heavy atom. The lowest BCUT2D eigenvalue weighted by Gasteiger charge is -2.27. The zero-order valence-corrected chi connectivity index (χ0v) is 12.1. The minimum atomic E-state index is -0.643. The topological polar surface area (TPSA) is 83.6 Å². The van der Waals surface area contributed by atoms with E-state index in [2.05, 4.69) is 15.1 Å². The molecule has 1 aliphatic heterocycles. The van der Waals surface area contributed by atoms with Gasteiger partial charge >= 0.3 is 5.97 Å². The van der Waals surface area contributed by atoms with Crippen molar-refractivity contribution in [1.82, 2.24) is 19.8 Å². The first-order valence-electron chi connectivity index (χ1n) is 7.92. The van der Waals surface area contributed by atoms with E-state index in [-0.39, 0.29) is 11.8 Å². The van der Waals surface area contributed by atoms with Gasteiger partial charge in [0.25, 0.3) is 0 Å². The van der Waals surface area contributed by atoms with Gasteiger partial charge in [0.2, 0.25) is 0 Å². The number of carboxylic acids is 1. The van der Waals surface area contributed by atoms with Crippen LogP contribution in [0, 0.1) is 17.8 Å². The number of aromatic nitrogens is 4. The number of nitrogens with zero attached hydrogens (tertiary/aromatic N) is 5. The molecule has 7 heteroatoms. The molecule has 5 rings (SSSR count). The number of anilines is 1. The average molecular weight is 299 g/mol. The molecule has 114 valence electrons. The highest BCUT2D eigenvalue weighted by atomic mass is 16.4. The molecule has 3 fully saturated rings. The van der Waals surface area contributed by atoms with E-state index in [0.717, 1.165) is 36.8 Å². The third kappa shape index (κ3) is 1.74. The summed E-state index contributed by atoms with van der Waals surface area (Å²) in [6.07, 6.45) is 3.28. The summed E-state index contributed by atoms with van der Waals surface area (Å²) in [6.45, 7) is 1.67. The molecule has 3 atom stereocenters. The number of rotatable bonds is 3. The van der Waals surface area contributed by atoms with Crippen LogP contribution in [0.15, 0.2) is 12.1 Å². The Labute approximate surface area is 126 Å². The molecule has 1 N–H and O–H groups in total. The van der Waals surface area contributed by atoms with E-state index in [1.54, 1.807) is 0 Å². The first-order chi connectivity index (χ1) is 10.7. The van der Waals surface area contributed by atoms with Gasteiger partial charge < -0.3 is 10.0 Å². The van der Waals surface area contributed by atoms with Crippen LogP contribution in [-0.4, -0.2) is 44.0 Å². The fraction of sp³-hybridized carbons (Fsp3) is 0.600. The largest absolute Gasteiger partial charge is 0.481 e. The van der Waals surface area contributed by atoms with Gasteiger partial charge in [-0.2, -0.15) is 4.52 Å². The summed E-state index contributed by atoms with van der Waals surface area (Å²) < 4.78 is 1.86. The summed E-state index contributed by atoms with van der Waals surface area (Å²) in [7, 11) is 0. The molecule has 0 aromatic carbocycles. The standard InChI is InChI=1S/C15H17N5O2/c21-15(22)13-9-5-6-19(7-10(9)13)12-4-3-11-16-17-14(8-1-2-8)20(11)18-12/h3-4,8-10,13H,1-2,5-7H2,(H,21,22)/t9-,10+,13-/m1/s1. The lowest BCUT2D eigenvalue weighted by Crippen LogP contribution is -2.32. The van der Waals surface area contributed by atoms with Gasteiger partial charge in [0.15, 0.2) is 11.5 Å². The summed E-state index contributed by atoms with van der Waals surface area (Å²) in [5.74, 6) is 2.23. The number of piperidine rings is 1. The maximum Gasteiger partial charge on any atom is 0.307 e. The van der Waals surface area contributed by atoms with E-state index in [0.29, 0.717) is 11.8 Å². The monoisotopic (exact) mass is 299 g/mol. The van der Waals surface area contributed by atoms with Crippen molar-refractivity contribution in [3.05, 3.63) is 18.0 Å². The van der Waals surface area contributed by atoms with Crippen molar-refractivity contribution in [3.63, 3.8) is 0 Å². The number of hydrogen-bond donors (Lipinski definition) is 1. The minimum Gasteiger partial charge on any atom is -0.481 e. The summed E-state index contributed by atoms with van der Waals surface area (Å²) in [6, 6.07) is 3.92. The van der Waals surface area contributed by atoms with Gasteiger partial charge in [-0.3, -0.25) is 4.79 Å². The predicted octanol–water partition coefficient (Wildman–Crippen LogP) is 1.16. The normalized spacial score (nSPS) is 30.4. The van der Waals surface area contributed by atoms with E-state index >= 15 is 0 Å². The molecule has 0 bridgehead atoms. The first kappa shape index (κ1) is 12.4. The SMILES string of the molecule is O=C(O)[C@@H]1[C@@H]2CCN(c3ccc4nnc(C5CC5)n4n3)C[C@@H]21. The van der Waals surface area contributed by atoms with Crippen LogP contribution in [0.1, 0.15) is 31.0 Å². The van der Waals surface area contributed by atoms with Crippen molar-refractivity contribution in [2.24, 2.45) is 17.8 Å².